The third-order valence-electron chi connectivity index (χ3n) is 1.44. The van der Waals surface area contributed by atoms with Crippen LogP contribution < -0.4 is 5.32 Å². The fourth-order valence-electron chi connectivity index (χ4n) is 1.05. The molecular weight excluding hydrogens is 188 g/mol. The van der Waals surface area contributed by atoms with Crippen molar-refractivity contribution in [2.75, 3.05) is 26.2 Å². The van der Waals surface area contributed by atoms with E-state index >= 15 is 0 Å². The van der Waals surface area contributed by atoms with E-state index in [9.17, 15) is 0 Å². The molecule has 0 aromatic heterocycles. The van der Waals surface area contributed by atoms with Crippen LogP contribution in [-0.4, -0.2) is 46.7 Å². The van der Waals surface area contributed by atoms with Gasteiger partial charge in [-0.25, -0.2) is 4.31 Å². The molecule has 1 saturated heterocycles. The normalized spacial score (nSPS) is 16.8. The number of nitrogens with zero attached hydrogens (tertiary/aromatic N) is 1. The van der Waals surface area contributed by atoms with Crippen LogP contribution >= 0.6 is 11.9 Å². The van der Waals surface area contributed by atoms with Crippen molar-refractivity contribution in [3.63, 3.8) is 0 Å². The molecule has 1 fully saturated rings. The Bertz CT molecular complexity index is 98.1. The lowest BCUT2D eigenvalue weighted by atomic mass is 10.4. The molecule has 5 heteroatoms. The van der Waals surface area contributed by atoms with Gasteiger partial charge in [-0.3, -0.25) is 0 Å². The average molecular weight is 212 g/mol. The molecule has 0 spiro atoms. The van der Waals surface area contributed by atoms with E-state index in [1.807, 2.05) is 11.9 Å². The van der Waals surface area contributed by atoms with E-state index in [4.69, 9.17) is 0 Å². The van der Waals surface area contributed by atoms with Gasteiger partial charge in [-0.15, -0.1) is 0 Å². The van der Waals surface area contributed by atoms with Gasteiger partial charge in [-0.1, -0.05) is 33.2 Å². The SMILES string of the molecule is C.CC(C)SN1CCNCC1.O.O. The second kappa shape index (κ2) is 10.3. The minimum Gasteiger partial charge on any atom is -0.412 e. The van der Waals surface area contributed by atoms with Crippen molar-refractivity contribution < 1.29 is 11.0 Å². The molecule has 13 heavy (non-hydrogen) atoms. The summed E-state index contributed by atoms with van der Waals surface area (Å²) in [4.78, 5) is 0. The number of rotatable bonds is 2. The van der Waals surface area contributed by atoms with E-state index in [1.54, 1.807) is 0 Å². The van der Waals surface area contributed by atoms with E-state index < -0.39 is 0 Å². The molecule has 0 unspecified atom stereocenters. The van der Waals surface area contributed by atoms with Gasteiger partial charge in [0.25, 0.3) is 0 Å². The second-order valence-corrected chi connectivity index (χ2v) is 4.50. The quantitative estimate of drug-likeness (QED) is 0.651. The number of nitrogens with one attached hydrogen (secondary N) is 1. The maximum Gasteiger partial charge on any atom is 0.0215 e. The summed E-state index contributed by atoms with van der Waals surface area (Å²) in [6.45, 7) is 9.19. The van der Waals surface area contributed by atoms with Crippen molar-refractivity contribution in [1.29, 1.82) is 0 Å². The molecule has 0 atom stereocenters. The molecule has 84 valence electrons. The van der Waals surface area contributed by atoms with E-state index in [0.29, 0.717) is 0 Å². The smallest absolute Gasteiger partial charge is 0.0215 e. The Morgan fingerprint density at radius 3 is 2.00 bits per heavy atom. The number of hydrogen-bond donors (Lipinski definition) is 1. The van der Waals surface area contributed by atoms with Crippen LogP contribution in [0.5, 0.6) is 0 Å². The Balaban J connectivity index is -0.000000333. The van der Waals surface area contributed by atoms with Gasteiger partial charge in [-0.2, -0.15) is 0 Å². The molecule has 1 aliphatic rings. The molecule has 0 aromatic rings. The van der Waals surface area contributed by atoms with Gasteiger partial charge in [0.1, 0.15) is 0 Å². The van der Waals surface area contributed by atoms with Gasteiger partial charge in [0, 0.05) is 31.4 Å². The predicted molar refractivity (Wildman–Crippen MR) is 61.1 cm³/mol. The number of piperazine rings is 1. The molecular formula is C8H24N2O2S. The van der Waals surface area contributed by atoms with Gasteiger partial charge in [0.05, 0.1) is 0 Å². The molecule has 1 heterocycles. The van der Waals surface area contributed by atoms with Crippen molar-refractivity contribution in [2.45, 2.75) is 26.5 Å². The Morgan fingerprint density at radius 2 is 1.62 bits per heavy atom. The predicted octanol–water partition coefficient (Wildman–Crippen LogP) is -0.0651. The molecule has 0 aromatic carbocycles. The first-order chi connectivity index (χ1) is 4.79. The van der Waals surface area contributed by atoms with Crippen LogP contribution in [0, 0.1) is 0 Å². The Hall–Kier alpha value is 0.190. The largest absolute Gasteiger partial charge is 0.412 e. The lowest BCUT2D eigenvalue weighted by Crippen LogP contribution is -2.40. The summed E-state index contributed by atoms with van der Waals surface area (Å²) in [5.41, 5.74) is 0. The van der Waals surface area contributed by atoms with Crippen molar-refractivity contribution in [2.24, 2.45) is 0 Å². The van der Waals surface area contributed by atoms with Gasteiger partial charge in [0.2, 0.25) is 0 Å². The first kappa shape index (κ1) is 18.9. The molecule has 1 aliphatic heterocycles. The molecule has 0 radical (unpaired) electrons. The van der Waals surface area contributed by atoms with Gasteiger partial charge < -0.3 is 16.3 Å². The lowest BCUT2D eigenvalue weighted by molar-refractivity contribution is 0.395. The van der Waals surface area contributed by atoms with Crippen molar-refractivity contribution in [3.05, 3.63) is 0 Å². The molecule has 0 amide bonds. The summed E-state index contributed by atoms with van der Waals surface area (Å²) < 4.78 is 2.45. The minimum atomic E-state index is 0. The van der Waals surface area contributed by atoms with Gasteiger partial charge in [-0.05, 0) is 0 Å². The van der Waals surface area contributed by atoms with Crippen LogP contribution in [0.25, 0.3) is 0 Å². The molecule has 4 nitrogen and oxygen atoms in total. The van der Waals surface area contributed by atoms with Crippen molar-refractivity contribution in [1.82, 2.24) is 9.62 Å². The topological polar surface area (TPSA) is 78.3 Å². The third kappa shape index (κ3) is 8.52. The van der Waals surface area contributed by atoms with Gasteiger partial charge >= 0.3 is 0 Å². The van der Waals surface area contributed by atoms with Crippen LogP contribution in [0.15, 0.2) is 0 Å². The Kier molecular flexibility index (Phi) is 14.9. The first-order valence-electron chi connectivity index (χ1n) is 3.91. The Labute approximate surface area is 85.8 Å². The lowest BCUT2D eigenvalue weighted by Gasteiger charge is -2.27. The van der Waals surface area contributed by atoms with E-state index in [-0.39, 0.29) is 18.4 Å². The van der Waals surface area contributed by atoms with E-state index in [0.717, 1.165) is 18.3 Å². The fraction of sp³-hybridized carbons (Fsp3) is 1.00. The third-order valence-corrected chi connectivity index (χ3v) is 2.52. The van der Waals surface area contributed by atoms with Crippen LogP contribution in [-0.2, 0) is 0 Å². The molecule has 1 rings (SSSR count). The minimum absolute atomic E-state index is 0. The number of hydrogen-bond acceptors (Lipinski definition) is 3. The van der Waals surface area contributed by atoms with Crippen LogP contribution in [0.4, 0.5) is 0 Å². The summed E-state index contributed by atoms with van der Waals surface area (Å²) in [7, 11) is 0. The van der Waals surface area contributed by atoms with Gasteiger partial charge in [0.15, 0.2) is 0 Å². The zero-order chi connectivity index (χ0) is 7.40. The molecule has 5 N–H and O–H groups in total. The molecule has 0 aliphatic carbocycles. The summed E-state index contributed by atoms with van der Waals surface area (Å²) in [5.74, 6) is 0. The summed E-state index contributed by atoms with van der Waals surface area (Å²) in [5, 5.41) is 4.07. The summed E-state index contributed by atoms with van der Waals surface area (Å²) in [6, 6.07) is 0. The molecule has 0 saturated carbocycles. The fourth-order valence-corrected chi connectivity index (χ4v) is 2.04. The highest BCUT2D eigenvalue weighted by Crippen LogP contribution is 2.15. The summed E-state index contributed by atoms with van der Waals surface area (Å²) >= 11 is 1.97. The highest BCUT2D eigenvalue weighted by atomic mass is 32.2. The van der Waals surface area contributed by atoms with Crippen LogP contribution in [0.1, 0.15) is 21.3 Å². The van der Waals surface area contributed by atoms with E-state index in [1.165, 1.54) is 13.1 Å². The monoisotopic (exact) mass is 212 g/mol. The molecule has 0 bridgehead atoms. The highest BCUT2D eigenvalue weighted by Gasteiger charge is 2.10. The second-order valence-electron chi connectivity index (χ2n) is 2.83. The maximum atomic E-state index is 3.33. The van der Waals surface area contributed by atoms with E-state index in [2.05, 4.69) is 23.5 Å². The zero-order valence-corrected chi connectivity index (χ0v) is 8.58. The highest BCUT2D eigenvalue weighted by molar-refractivity contribution is 7.97. The standard InChI is InChI=1S/C7H16N2S.CH4.2H2O/c1-7(2)10-9-5-3-8-4-6-9;;;/h7-8H,3-6H2,1-2H3;1H4;2*1H2. The Morgan fingerprint density at radius 1 is 1.15 bits per heavy atom. The van der Waals surface area contributed by atoms with Crippen LogP contribution in [0.2, 0.25) is 0 Å². The average Bonchev–Trinajstić information content (AvgIpc) is 1.88. The van der Waals surface area contributed by atoms with Crippen molar-refractivity contribution >= 4 is 11.9 Å². The summed E-state index contributed by atoms with van der Waals surface area (Å²) in [6.07, 6.45) is 0. The van der Waals surface area contributed by atoms with Crippen molar-refractivity contribution in [3.8, 4) is 0 Å². The maximum absolute atomic E-state index is 3.33. The first-order valence-corrected chi connectivity index (χ1v) is 4.75. The van der Waals surface area contributed by atoms with Crippen LogP contribution in [0.3, 0.4) is 0 Å². The zero-order valence-electron chi connectivity index (χ0n) is 7.76.